The highest BCUT2D eigenvalue weighted by Gasteiger charge is 2.24. The number of ether oxygens (including phenoxy) is 1. The van der Waals surface area contributed by atoms with E-state index in [1.165, 1.54) is 13.2 Å². The lowest BCUT2D eigenvalue weighted by Gasteiger charge is -2.37. The minimum absolute atomic E-state index is 0.0340. The first kappa shape index (κ1) is 34.9. The summed E-state index contributed by atoms with van der Waals surface area (Å²) in [5.74, 6) is -0.881. The van der Waals surface area contributed by atoms with Gasteiger partial charge in [0.25, 0.3) is 5.91 Å². The molecular formula is C35H40Cl2N4O5. The molecule has 244 valence electrons. The van der Waals surface area contributed by atoms with E-state index in [1.54, 1.807) is 42.5 Å². The molecule has 0 bridgehead atoms. The van der Waals surface area contributed by atoms with Crippen LogP contribution in [0.15, 0.2) is 60.7 Å². The van der Waals surface area contributed by atoms with E-state index in [0.29, 0.717) is 73.3 Å². The van der Waals surface area contributed by atoms with Crippen molar-refractivity contribution in [2.24, 2.45) is 0 Å². The molecule has 1 N–H and O–H groups in total. The van der Waals surface area contributed by atoms with Crippen molar-refractivity contribution in [2.75, 3.05) is 64.1 Å². The first-order valence-corrected chi connectivity index (χ1v) is 16.1. The van der Waals surface area contributed by atoms with Crippen LogP contribution in [0.4, 0.5) is 11.4 Å². The number of methoxy groups -OCH3 is 1. The molecule has 0 atom stereocenters. The molecule has 1 aliphatic rings. The first-order chi connectivity index (χ1) is 22.0. The van der Waals surface area contributed by atoms with E-state index in [0.717, 1.165) is 24.1 Å². The number of carbonyl (C=O) groups is 4. The number of unbranched alkanes of at least 4 members (excludes halogenated alkanes) is 1. The number of anilines is 2. The van der Waals surface area contributed by atoms with Crippen LogP contribution >= 0.6 is 23.2 Å². The lowest BCUT2D eigenvalue weighted by Crippen LogP contribution is -2.49. The fourth-order valence-electron chi connectivity index (χ4n) is 5.33. The molecule has 46 heavy (non-hydrogen) atoms. The van der Waals surface area contributed by atoms with Crippen molar-refractivity contribution < 1.29 is 23.9 Å². The molecule has 0 unspecified atom stereocenters. The zero-order valence-corrected chi connectivity index (χ0v) is 28.0. The molecule has 1 heterocycles. The summed E-state index contributed by atoms with van der Waals surface area (Å²) in [6.45, 7) is 2.96. The Bertz CT molecular complexity index is 1570. The number of benzene rings is 3. The molecule has 2 amide bonds. The van der Waals surface area contributed by atoms with E-state index in [4.69, 9.17) is 27.9 Å². The lowest BCUT2D eigenvalue weighted by molar-refractivity contribution is -0.131. The third-order valence-corrected chi connectivity index (χ3v) is 8.56. The minimum atomic E-state index is -0.542. The fraction of sp³-hybridized carbons (Fsp3) is 0.371. The Labute approximate surface area is 280 Å². The van der Waals surface area contributed by atoms with Crippen LogP contribution in [0, 0.1) is 0 Å². The standard InChI is InChI=1S/C35H40Cl2N4O5/c1-39(2)16-15-33(43)41-19-17-40(18-20-41)31-14-12-25(32(42)10-5-4-7-24-11-13-28(36)23-29(24)37)22-30(31)38-34(44)26-8-6-9-27(21-26)35(45)46-3/h6,8-9,11-14,21-23H,4-5,7,10,15-20H2,1-3H3,(H,38,44). The molecule has 3 aromatic rings. The smallest absolute Gasteiger partial charge is 0.337 e. The lowest BCUT2D eigenvalue weighted by atomic mass is 10.0. The highest BCUT2D eigenvalue weighted by atomic mass is 35.5. The Kier molecular flexibility index (Phi) is 12.6. The number of aryl methyl sites for hydroxylation is 1. The number of halogens is 2. The number of esters is 1. The highest BCUT2D eigenvalue weighted by Crippen LogP contribution is 2.30. The van der Waals surface area contributed by atoms with Gasteiger partial charge in [-0.25, -0.2) is 4.79 Å². The Morgan fingerprint density at radius 1 is 0.848 bits per heavy atom. The van der Waals surface area contributed by atoms with Crippen molar-refractivity contribution >= 4 is 58.1 Å². The van der Waals surface area contributed by atoms with Gasteiger partial charge in [-0.15, -0.1) is 0 Å². The van der Waals surface area contributed by atoms with Crippen molar-refractivity contribution in [3.63, 3.8) is 0 Å². The van der Waals surface area contributed by atoms with Gasteiger partial charge in [-0.3, -0.25) is 14.4 Å². The first-order valence-electron chi connectivity index (χ1n) is 15.3. The van der Waals surface area contributed by atoms with Gasteiger partial charge in [0.1, 0.15) is 0 Å². The summed E-state index contributed by atoms with van der Waals surface area (Å²) in [6.07, 6.45) is 2.99. The fourth-order valence-corrected chi connectivity index (χ4v) is 5.83. The summed E-state index contributed by atoms with van der Waals surface area (Å²) in [7, 11) is 5.17. The summed E-state index contributed by atoms with van der Waals surface area (Å²) in [4.78, 5) is 57.4. The monoisotopic (exact) mass is 666 g/mol. The van der Waals surface area contributed by atoms with Gasteiger partial charge in [0.05, 0.1) is 24.0 Å². The predicted octanol–water partition coefficient (Wildman–Crippen LogP) is 6.23. The van der Waals surface area contributed by atoms with E-state index < -0.39 is 11.9 Å². The summed E-state index contributed by atoms with van der Waals surface area (Å²) in [5, 5.41) is 4.17. The van der Waals surface area contributed by atoms with Crippen LogP contribution in [0.1, 0.15) is 62.3 Å². The molecule has 1 saturated heterocycles. The highest BCUT2D eigenvalue weighted by molar-refractivity contribution is 6.35. The van der Waals surface area contributed by atoms with Crippen molar-refractivity contribution in [2.45, 2.75) is 32.1 Å². The Balaban J connectivity index is 1.48. The summed E-state index contributed by atoms with van der Waals surface area (Å²) in [6, 6.07) is 17.1. The number of carbonyl (C=O) groups excluding carboxylic acids is 4. The minimum Gasteiger partial charge on any atom is -0.465 e. The van der Waals surface area contributed by atoms with Gasteiger partial charge >= 0.3 is 5.97 Å². The maximum absolute atomic E-state index is 13.4. The number of piperazine rings is 1. The van der Waals surface area contributed by atoms with E-state index in [-0.39, 0.29) is 22.8 Å². The number of rotatable bonds is 13. The van der Waals surface area contributed by atoms with Crippen molar-refractivity contribution in [1.82, 2.24) is 9.80 Å². The largest absolute Gasteiger partial charge is 0.465 e. The topological polar surface area (TPSA) is 99.3 Å². The number of nitrogens with one attached hydrogen (secondary N) is 1. The molecule has 0 aliphatic carbocycles. The summed E-state index contributed by atoms with van der Waals surface area (Å²) >= 11 is 12.3. The van der Waals surface area contributed by atoms with Crippen LogP contribution in [0.25, 0.3) is 0 Å². The molecule has 0 spiro atoms. The van der Waals surface area contributed by atoms with Crippen molar-refractivity contribution in [1.29, 1.82) is 0 Å². The third-order valence-electron chi connectivity index (χ3n) is 7.97. The van der Waals surface area contributed by atoms with Gasteiger partial charge < -0.3 is 24.8 Å². The number of hydrogen-bond donors (Lipinski definition) is 1. The molecule has 0 radical (unpaired) electrons. The SMILES string of the molecule is COC(=O)c1cccc(C(=O)Nc2cc(C(=O)CCCCc3ccc(Cl)cc3Cl)ccc2N2CCN(C(=O)CCN(C)C)CC2)c1. The Hall–Kier alpha value is -3.92. The van der Waals surface area contributed by atoms with E-state index in [2.05, 4.69) is 10.2 Å². The number of amides is 2. The van der Waals surface area contributed by atoms with Crippen LogP contribution in [0.5, 0.6) is 0 Å². The number of hydrogen-bond acceptors (Lipinski definition) is 7. The van der Waals surface area contributed by atoms with Crippen LogP contribution in [0.2, 0.25) is 10.0 Å². The molecule has 9 nitrogen and oxygen atoms in total. The number of nitrogens with zero attached hydrogens (tertiary/aromatic N) is 3. The van der Waals surface area contributed by atoms with Gasteiger partial charge in [0.2, 0.25) is 5.91 Å². The van der Waals surface area contributed by atoms with E-state index in [1.807, 2.05) is 36.0 Å². The molecule has 11 heteroatoms. The second kappa shape index (κ2) is 16.6. The second-order valence-corrected chi connectivity index (χ2v) is 12.4. The van der Waals surface area contributed by atoms with Gasteiger partial charge in [-0.05, 0) is 87.5 Å². The van der Waals surface area contributed by atoms with Crippen molar-refractivity contribution in [3.8, 4) is 0 Å². The maximum atomic E-state index is 13.4. The molecule has 4 rings (SSSR count). The van der Waals surface area contributed by atoms with Gasteiger partial charge in [0.15, 0.2) is 5.78 Å². The maximum Gasteiger partial charge on any atom is 0.337 e. The van der Waals surface area contributed by atoms with Crippen LogP contribution in [-0.2, 0) is 16.0 Å². The second-order valence-electron chi connectivity index (χ2n) is 11.5. The molecule has 0 aromatic heterocycles. The van der Waals surface area contributed by atoms with Crippen molar-refractivity contribution in [3.05, 3.63) is 93.0 Å². The normalized spacial score (nSPS) is 13.1. The van der Waals surface area contributed by atoms with Crippen LogP contribution < -0.4 is 10.2 Å². The summed E-state index contributed by atoms with van der Waals surface area (Å²) < 4.78 is 4.80. The summed E-state index contributed by atoms with van der Waals surface area (Å²) in [5.41, 5.74) is 3.26. The van der Waals surface area contributed by atoms with Gasteiger partial charge in [-0.2, -0.15) is 0 Å². The molecule has 1 aliphatic heterocycles. The van der Waals surface area contributed by atoms with Crippen LogP contribution in [0.3, 0.4) is 0 Å². The number of ketones is 1. The third kappa shape index (κ3) is 9.55. The van der Waals surface area contributed by atoms with Gasteiger partial charge in [0, 0.05) is 66.7 Å². The van der Waals surface area contributed by atoms with E-state index in [9.17, 15) is 19.2 Å². The Morgan fingerprint density at radius 2 is 1.59 bits per heavy atom. The molecular weight excluding hydrogens is 627 g/mol. The zero-order chi connectivity index (χ0) is 33.2. The predicted molar refractivity (Wildman–Crippen MR) is 182 cm³/mol. The average Bonchev–Trinajstić information content (AvgIpc) is 3.06. The molecule has 3 aromatic carbocycles. The van der Waals surface area contributed by atoms with E-state index >= 15 is 0 Å². The quantitative estimate of drug-likeness (QED) is 0.131. The average molecular weight is 668 g/mol. The molecule has 1 fully saturated rings. The molecule has 0 saturated carbocycles. The zero-order valence-electron chi connectivity index (χ0n) is 26.5. The number of Topliss-reactive ketones (excluding diaryl/α,β-unsaturated/α-hetero) is 1. The van der Waals surface area contributed by atoms with Gasteiger partial charge in [-0.1, -0.05) is 35.3 Å². The Morgan fingerprint density at radius 3 is 2.28 bits per heavy atom. The van der Waals surface area contributed by atoms with Crippen LogP contribution in [-0.4, -0.2) is 87.3 Å².